The third-order valence-corrected chi connectivity index (χ3v) is 2.13. The molecule has 3 heteroatoms. The van der Waals surface area contributed by atoms with Gasteiger partial charge in [0.1, 0.15) is 0 Å². The lowest BCUT2D eigenvalue weighted by molar-refractivity contribution is 0.118. The lowest BCUT2D eigenvalue weighted by atomic mass is 10.2. The van der Waals surface area contributed by atoms with Gasteiger partial charge in [-0.05, 0) is 26.0 Å². The Morgan fingerprint density at radius 2 is 2.00 bits per heavy atom. The van der Waals surface area contributed by atoms with Gasteiger partial charge in [-0.3, -0.25) is 4.57 Å². The van der Waals surface area contributed by atoms with Crippen LogP contribution >= 0.6 is 0 Å². The Kier molecular flexibility index (Phi) is 2.46. The van der Waals surface area contributed by atoms with Crippen LogP contribution in [0.3, 0.4) is 0 Å². The number of rotatable bonds is 1. The van der Waals surface area contributed by atoms with Crippen molar-refractivity contribution in [3.05, 3.63) is 36.5 Å². The van der Waals surface area contributed by atoms with E-state index in [2.05, 4.69) is 0 Å². The highest BCUT2D eigenvalue weighted by atomic mass is 16.6. The number of carbonyl (C=O) groups excluding carboxylic acids is 1. The third kappa shape index (κ3) is 1.86. The average molecular weight is 203 g/mol. The van der Waals surface area contributed by atoms with Crippen molar-refractivity contribution in [3.63, 3.8) is 0 Å². The van der Waals surface area contributed by atoms with Gasteiger partial charge in [-0.15, -0.1) is 0 Å². The molecule has 3 nitrogen and oxygen atoms in total. The van der Waals surface area contributed by atoms with Crippen LogP contribution in [-0.2, 0) is 4.74 Å². The molecule has 0 bridgehead atoms. The molecule has 0 aliphatic carbocycles. The second-order valence-electron chi connectivity index (χ2n) is 3.68. The van der Waals surface area contributed by atoms with Crippen LogP contribution in [0.1, 0.15) is 13.8 Å². The zero-order chi connectivity index (χ0) is 10.8. The summed E-state index contributed by atoms with van der Waals surface area (Å²) >= 11 is 0. The van der Waals surface area contributed by atoms with Crippen molar-refractivity contribution in [2.75, 3.05) is 0 Å². The van der Waals surface area contributed by atoms with Gasteiger partial charge in [0.15, 0.2) is 0 Å². The van der Waals surface area contributed by atoms with Crippen LogP contribution in [0, 0.1) is 0 Å². The first-order valence-electron chi connectivity index (χ1n) is 4.95. The molecule has 0 radical (unpaired) electrons. The zero-order valence-corrected chi connectivity index (χ0v) is 8.81. The Hall–Kier alpha value is -1.77. The van der Waals surface area contributed by atoms with E-state index in [9.17, 15) is 4.79 Å². The first-order valence-corrected chi connectivity index (χ1v) is 4.95. The third-order valence-electron chi connectivity index (χ3n) is 2.13. The number of benzene rings is 1. The summed E-state index contributed by atoms with van der Waals surface area (Å²) in [7, 11) is 0. The monoisotopic (exact) mass is 203 g/mol. The van der Waals surface area contributed by atoms with E-state index < -0.39 is 0 Å². The molecule has 0 spiro atoms. The summed E-state index contributed by atoms with van der Waals surface area (Å²) in [5.74, 6) is 0. The van der Waals surface area contributed by atoms with Gasteiger partial charge in [0.25, 0.3) is 0 Å². The fourth-order valence-corrected chi connectivity index (χ4v) is 1.50. The molecular weight excluding hydrogens is 190 g/mol. The minimum atomic E-state index is -0.328. The molecule has 1 aromatic heterocycles. The van der Waals surface area contributed by atoms with Gasteiger partial charge in [-0.2, -0.15) is 0 Å². The first-order chi connectivity index (χ1) is 7.18. The van der Waals surface area contributed by atoms with Crippen molar-refractivity contribution in [2.45, 2.75) is 20.0 Å². The molecule has 1 heterocycles. The number of ether oxygens (including phenoxy) is 1. The highest BCUT2D eigenvalue weighted by molar-refractivity contribution is 5.89. The number of hydrogen-bond donors (Lipinski definition) is 0. The number of carbonyl (C=O) groups is 1. The normalized spacial score (nSPS) is 10.9. The summed E-state index contributed by atoms with van der Waals surface area (Å²) in [6, 6.07) is 9.62. The molecule has 0 N–H and O–H groups in total. The van der Waals surface area contributed by atoms with Gasteiger partial charge >= 0.3 is 6.09 Å². The standard InChI is InChI=1S/C12H13NO2/c1-9(2)15-12(14)13-8-7-10-5-3-4-6-11(10)13/h3-9H,1-2H3. The van der Waals surface area contributed by atoms with E-state index in [-0.39, 0.29) is 12.2 Å². The van der Waals surface area contributed by atoms with Crippen LogP contribution in [0.2, 0.25) is 0 Å². The molecule has 0 saturated carbocycles. The molecular formula is C12H13NO2. The lowest BCUT2D eigenvalue weighted by Crippen LogP contribution is -2.16. The van der Waals surface area contributed by atoms with Crippen molar-refractivity contribution in [1.29, 1.82) is 0 Å². The first kappa shape index (κ1) is 9.77. The number of nitrogens with zero attached hydrogens (tertiary/aromatic N) is 1. The van der Waals surface area contributed by atoms with Crippen LogP contribution < -0.4 is 0 Å². The molecule has 0 aliphatic heterocycles. The molecule has 1 aromatic carbocycles. The van der Waals surface area contributed by atoms with Gasteiger partial charge in [0, 0.05) is 11.6 Å². The van der Waals surface area contributed by atoms with E-state index in [1.54, 1.807) is 6.20 Å². The maximum Gasteiger partial charge on any atom is 0.418 e. The Morgan fingerprint density at radius 3 is 2.73 bits per heavy atom. The lowest BCUT2D eigenvalue weighted by Gasteiger charge is -2.08. The molecule has 15 heavy (non-hydrogen) atoms. The van der Waals surface area contributed by atoms with Gasteiger partial charge in [0.05, 0.1) is 11.6 Å². The topological polar surface area (TPSA) is 31.2 Å². The van der Waals surface area contributed by atoms with Crippen LogP contribution in [0.4, 0.5) is 4.79 Å². The Bertz CT molecular complexity index is 485. The molecule has 0 unspecified atom stereocenters. The summed E-state index contributed by atoms with van der Waals surface area (Å²) in [5.41, 5.74) is 0.878. The molecule has 0 saturated heterocycles. The van der Waals surface area contributed by atoms with Crippen molar-refractivity contribution >= 4 is 17.0 Å². The number of hydrogen-bond acceptors (Lipinski definition) is 2. The largest absolute Gasteiger partial charge is 0.446 e. The fraction of sp³-hybridized carbons (Fsp3) is 0.250. The summed E-state index contributed by atoms with van der Waals surface area (Å²) in [6.07, 6.45) is 1.31. The van der Waals surface area contributed by atoms with E-state index in [4.69, 9.17) is 4.74 Å². The van der Waals surface area contributed by atoms with Crippen LogP contribution in [-0.4, -0.2) is 16.8 Å². The predicted molar refractivity (Wildman–Crippen MR) is 59.0 cm³/mol. The molecule has 0 amide bonds. The van der Waals surface area contributed by atoms with E-state index in [1.165, 1.54) is 4.57 Å². The SMILES string of the molecule is CC(C)OC(=O)n1ccc2ccccc21. The number of fused-ring (bicyclic) bond motifs is 1. The van der Waals surface area contributed by atoms with Gasteiger partial charge in [-0.1, -0.05) is 18.2 Å². The molecule has 2 rings (SSSR count). The zero-order valence-electron chi connectivity index (χ0n) is 8.81. The van der Waals surface area contributed by atoms with Crippen LogP contribution in [0.15, 0.2) is 36.5 Å². The molecule has 0 atom stereocenters. The molecule has 0 fully saturated rings. The van der Waals surface area contributed by atoms with Crippen LogP contribution in [0.25, 0.3) is 10.9 Å². The fourth-order valence-electron chi connectivity index (χ4n) is 1.50. The average Bonchev–Trinajstić information content (AvgIpc) is 2.59. The second-order valence-corrected chi connectivity index (χ2v) is 3.68. The van der Waals surface area contributed by atoms with Crippen molar-refractivity contribution in [1.82, 2.24) is 4.57 Å². The highest BCUT2D eigenvalue weighted by Crippen LogP contribution is 2.15. The van der Waals surface area contributed by atoms with Crippen LogP contribution in [0.5, 0.6) is 0 Å². The summed E-state index contributed by atoms with van der Waals surface area (Å²) in [6.45, 7) is 3.67. The van der Waals surface area contributed by atoms with E-state index >= 15 is 0 Å². The van der Waals surface area contributed by atoms with E-state index in [0.29, 0.717) is 0 Å². The maximum absolute atomic E-state index is 11.7. The molecule has 2 aromatic rings. The Morgan fingerprint density at radius 1 is 1.27 bits per heavy atom. The summed E-state index contributed by atoms with van der Waals surface area (Å²) in [5, 5.41) is 1.04. The maximum atomic E-state index is 11.7. The predicted octanol–water partition coefficient (Wildman–Crippen LogP) is 3.03. The van der Waals surface area contributed by atoms with Gasteiger partial charge in [-0.25, -0.2) is 4.79 Å². The Labute approximate surface area is 88.3 Å². The van der Waals surface area contributed by atoms with Crippen molar-refractivity contribution in [3.8, 4) is 0 Å². The summed E-state index contributed by atoms with van der Waals surface area (Å²) in [4.78, 5) is 11.7. The van der Waals surface area contributed by atoms with Gasteiger partial charge < -0.3 is 4.74 Å². The summed E-state index contributed by atoms with van der Waals surface area (Å²) < 4.78 is 6.65. The quantitative estimate of drug-likeness (QED) is 0.713. The number of aromatic nitrogens is 1. The highest BCUT2D eigenvalue weighted by Gasteiger charge is 2.10. The van der Waals surface area contributed by atoms with E-state index in [0.717, 1.165) is 10.9 Å². The van der Waals surface area contributed by atoms with E-state index in [1.807, 2.05) is 44.2 Å². The smallest absolute Gasteiger partial charge is 0.418 e. The Balaban J connectivity index is 2.40. The van der Waals surface area contributed by atoms with Crippen molar-refractivity contribution < 1.29 is 9.53 Å². The van der Waals surface area contributed by atoms with Crippen molar-refractivity contribution in [2.24, 2.45) is 0 Å². The minimum Gasteiger partial charge on any atom is -0.446 e. The van der Waals surface area contributed by atoms with Gasteiger partial charge in [0.2, 0.25) is 0 Å². The minimum absolute atomic E-state index is 0.0985. The second kappa shape index (κ2) is 3.77. The molecule has 0 aliphatic rings. The number of para-hydroxylation sites is 1. The molecule has 78 valence electrons.